The number of hydrogen-bond acceptors (Lipinski definition) is 3. The fourth-order valence-electron chi connectivity index (χ4n) is 3.81. The van der Waals surface area contributed by atoms with Crippen LogP contribution in [0.2, 0.25) is 0 Å². The van der Waals surface area contributed by atoms with Crippen LogP contribution in [0.15, 0.2) is 72.0 Å². The van der Waals surface area contributed by atoms with Crippen molar-refractivity contribution in [1.82, 2.24) is 5.32 Å². The number of nitrogens with one attached hydrogen (secondary N) is 1. The summed E-state index contributed by atoms with van der Waals surface area (Å²) in [5, 5.41) is 2.96. The molecule has 154 valence electrons. The van der Waals surface area contributed by atoms with E-state index in [1.165, 1.54) is 23.3 Å². The Kier molecular flexibility index (Phi) is 6.28. The van der Waals surface area contributed by atoms with Crippen LogP contribution in [0.4, 0.5) is 5.69 Å². The first kappa shape index (κ1) is 20.0. The maximum Gasteiger partial charge on any atom is 0.294 e. The van der Waals surface area contributed by atoms with Crippen LogP contribution in [-0.2, 0) is 9.59 Å². The van der Waals surface area contributed by atoms with Gasteiger partial charge in [0.25, 0.3) is 5.91 Å². The summed E-state index contributed by atoms with van der Waals surface area (Å²) >= 11 is 0. The molecule has 5 heteroatoms. The quantitative estimate of drug-likeness (QED) is 0.573. The van der Waals surface area contributed by atoms with E-state index in [4.69, 9.17) is 4.74 Å². The lowest BCUT2D eigenvalue weighted by Crippen LogP contribution is -2.44. The number of rotatable bonds is 6. The van der Waals surface area contributed by atoms with Crippen LogP contribution in [-0.4, -0.2) is 24.9 Å². The zero-order chi connectivity index (χ0) is 20.8. The van der Waals surface area contributed by atoms with Crippen molar-refractivity contribution in [1.29, 1.82) is 0 Å². The number of para-hydroxylation sites is 2. The molecule has 0 fully saturated rings. The van der Waals surface area contributed by atoms with Gasteiger partial charge in [-0.2, -0.15) is 0 Å². The van der Waals surface area contributed by atoms with E-state index in [-0.39, 0.29) is 24.1 Å². The molecule has 1 aliphatic carbocycles. The Morgan fingerprint density at radius 1 is 1.07 bits per heavy atom. The number of amides is 2. The van der Waals surface area contributed by atoms with Crippen molar-refractivity contribution in [3.8, 4) is 5.75 Å². The minimum Gasteiger partial charge on any atom is -0.449 e. The van der Waals surface area contributed by atoms with Crippen LogP contribution in [0, 0.1) is 0 Å². The number of hydrogen-bond donors (Lipinski definition) is 1. The van der Waals surface area contributed by atoms with Crippen molar-refractivity contribution < 1.29 is 14.3 Å². The number of carbonyl (C=O) groups is 2. The number of carbonyl (C=O) groups excluding carboxylic acids is 2. The molecule has 2 aliphatic rings. The van der Waals surface area contributed by atoms with Crippen molar-refractivity contribution in [3.05, 3.63) is 77.6 Å². The first-order valence-corrected chi connectivity index (χ1v) is 10.5. The lowest BCUT2D eigenvalue weighted by Gasteiger charge is -2.30. The SMILES string of the molecule is O=C(CN1C(=O)/C(=C\c2ccccc2)Oc2ccccc21)NCCC1=CCCCC1. The average molecular weight is 402 g/mol. The third-order valence-electron chi connectivity index (χ3n) is 5.38. The van der Waals surface area contributed by atoms with Gasteiger partial charge in [0.1, 0.15) is 6.54 Å². The van der Waals surface area contributed by atoms with Gasteiger partial charge in [-0.25, -0.2) is 0 Å². The van der Waals surface area contributed by atoms with Gasteiger partial charge in [-0.15, -0.1) is 0 Å². The fourth-order valence-corrected chi connectivity index (χ4v) is 3.81. The highest BCUT2D eigenvalue weighted by Gasteiger charge is 2.31. The second-order valence-corrected chi connectivity index (χ2v) is 7.59. The van der Waals surface area contributed by atoms with Gasteiger partial charge < -0.3 is 10.1 Å². The Hall–Kier alpha value is -3.34. The van der Waals surface area contributed by atoms with E-state index in [0.717, 1.165) is 24.8 Å². The second kappa shape index (κ2) is 9.44. The van der Waals surface area contributed by atoms with E-state index in [9.17, 15) is 9.59 Å². The molecule has 0 unspecified atom stereocenters. The summed E-state index contributed by atoms with van der Waals surface area (Å²) in [4.78, 5) is 27.2. The van der Waals surface area contributed by atoms with Crippen molar-refractivity contribution in [2.45, 2.75) is 32.1 Å². The van der Waals surface area contributed by atoms with E-state index < -0.39 is 0 Å². The first-order chi connectivity index (χ1) is 14.7. The Bertz CT molecular complexity index is 979. The predicted octanol–water partition coefficient (Wildman–Crippen LogP) is 4.46. The van der Waals surface area contributed by atoms with E-state index in [1.807, 2.05) is 42.5 Å². The monoisotopic (exact) mass is 402 g/mol. The van der Waals surface area contributed by atoms with Gasteiger partial charge in [-0.3, -0.25) is 14.5 Å². The van der Waals surface area contributed by atoms with Crippen molar-refractivity contribution in [3.63, 3.8) is 0 Å². The minimum absolute atomic E-state index is 0.0373. The van der Waals surface area contributed by atoms with Crippen LogP contribution in [0.25, 0.3) is 6.08 Å². The molecule has 0 aromatic heterocycles. The molecule has 0 spiro atoms. The molecule has 2 aromatic rings. The van der Waals surface area contributed by atoms with Gasteiger partial charge in [0, 0.05) is 6.54 Å². The lowest BCUT2D eigenvalue weighted by atomic mass is 9.97. The molecule has 5 nitrogen and oxygen atoms in total. The van der Waals surface area contributed by atoms with Gasteiger partial charge in [0.05, 0.1) is 5.69 Å². The Labute approximate surface area is 177 Å². The molecule has 0 saturated heterocycles. The molecular weight excluding hydrogens is 376 g/mol. The fraction of sp³-hybridized carbons (Fsp3) is 0.280. The number of allylic oxidation sites excluding steroid dienone is 1. The summed E-state index contributed by atoms with van der Waals surface area (Å²) in [6.45, 7) is 0.557. The zero-order valence-corrected chi connectivity index (χ0v) is 17.0. The molecule has 0 saturated carbocycles. The Balaban J connectivity index is 1.46. The number of nitrogens with zero attached hydrogens (tertiary/aromatic N) is 1. The minimum atomic E-state index is -0.317. The Morgan fingerprint density at radius 2 is 1.87 bits per heavy atom. The largest absolute Gasteiger partial charge is 0.449 e. The van der Waals surface area contributed by atoms with Crippen LogP contribution in [0.5, 0.6) is 5.75 Å². The summed E-state index contributed by atoms with van der Waals surface area (Å²) in [5.41, 5.74) is 2.89. The number of anilines is 1. The first-order valence-electron chi connectivity index (χ1n) is 10.5. The summed E-state index contributed by atoms with van der Waals surface area (Å²) in [7, 11) is 0. The molecule has 30 heavy (non-hydrogen) atoms. The van der Waals surface area contributed by atoms with Crippen LogP contribution < -0.4 is 15.0 Å². The summed E-state index contributed by atoms with van der Waals surface area (Å²) in [6.07, 6.45) is 9.62. The molecule has 2 aromatic carbocycles. The molecular formula is C25H26N2O3. The molecule has 1 N–H and O–H groups in total. The zero-order valence-electron chi connectivity index (χ0n) is 17.0. The third-order valence-corrected chi connectivity index (χ3v) is 5.38. The smallest absolute Gasteiger partial charge is 0.294 e. The van der Waals surface area contributed by atoms with Gasteiger partial charge in [0.15, 0.2) is 11.5 Å². The molecule has 0 bridgehead atoms. The lowest BCUT2D eigenvalue weighted by molar-refractivity contribution is -0.123. The summed E-state index contributed by atoms with van der Waals surface area (Å²) < 4.78 is 5.85. The van der Waals surface area contributed by atoms with E-state index in [0.29, 0.717) is 18.0 Å². The van der Waals surface area contributed by atoms with E-state index >= 15 is 0 Å². The topological polar surface area (TPSA) is 58.6 Å². The predicted molar refractivity (Wildman–Crippen MR) is 118 cm³/mol. The molecule has 2 amide bonds. The highest BCUT2D eigenvalue weighted by molar-refractivity contribution is 6.12. The number of ether oxygens (including phenoxy) is 1. The van der Waals surface area contributed by atoms with E-state index in [1.54, 1.807) is 18.2 Å². The van der Waals surface area contributed by atoms with Gasteiger partial charge >= 0.3 is 0 Å². The molecule has 1 aliphatic heterocycles. The summed E-state index contributed by atoms with van der Waals surface area (Å²) in [6, 6.07) is 16.8. The van der Waals surface area contributed by atoms with Crippen LogP contribution in [0.1, 0.15) is 37.7 Å². The standard InChI is InChI=1S/C25H26N2O3/c28-24(26-16-15-19-9-3-1-4-10-19)18-27-21-13-7-8-14-22(21)30-23(25(27)29)17-20-11-5-2-6-12-20/h2,5-9,11-14,17H,1,3-4,10,15-16,18H2,(H,26,28)/b23-17+. The van der Waals surface area contributed by atoms with Crippen molar-refractivity contribution in [2.24, 2.45) is 0 Å². The normalized spacial score (nSPS) is 17.2. The van der Waals surface area contributed by atoms with Crippen LogP contribution in [0.3, 0.4) is 0 Å². The average Bonchev–Trinajstić information content (AvgIpc) is 2.78. The highest BCUT2D eigenvalue weighted by Crippen LogP contribution is 2.35. The third kappa shape index (κ3) is 4.79. The Morgan fingerprint density at radius 3 is 2.67 bits per heavy atom. The van der Waals surface area contributed by atoms with Crippen molar-refractivity contribution in [2.75, 3.05) is 18.0 Å². The van der Waals surface area contributed by atoms with Gasteiger partial charge in [-0.1, -0.05) is 54.1 Å². The molecule has 0 radical (unpaired) electrons. The van der Waals surface area contributed by atoms with Gasteiger partial charge in [0.2, 0.25) is 5.91 Å². The number of fused-ring (bicyclic) bond motifs is 1. The van der Waals surface area contributed by atoms with Crippen LogP contribution >= 0.6 is 0 Å². The maximum atomic E-state index is 13.1. The molecule has 0 atom stereocenters. The molecule has 1 heterocycles. The van der Waals surface area contributed by atoms with Crippen molar-refractivity contribution >= 4 is 23.6 Å². The number of benzene rings is 2. The second-order valence-electron chi connectivity index (χ2n) is 7.59. The van der Waals surface area contributed by atoms with E-state index in [2.05, 4.69) is 11.4 Å². The summed E-state index contributed by atoms with van der Waals surface area (Å²) in [5.74, 6) is 0.290. The maximum absolute atomic E-state index is 13.1. The van der Waals surface area contributed by atoms with Gasteiger partial charge in [-0.05, 0) is 55.9 Å². The molecule has 4 rings (SSSR count). The highest BCUT2D eigenvalue weighted by atomic mass is 16.5.